The van der Waals surface area contributed by atoms with Crippen LogP contribution in [-0.2, 0) is 4.74 Å². The molecule has 0 aliphatic heterocycles. The van der Waals surface area contributed by atoms with Gasteiger partial charge in [0.2, 0.25) is 0 Å². The number of esters is 1. The number of aromatic nitrogens is 4. The Morgan fingerprint density at radius 1 is 1.32 bits per heavy atom. The first-order chi connectivity index (χ1) is 10.6. The molecule has 0 fully saturated rings. The summed E-state index contributed by atoms with van der Waals surface area (Å²) in [7, 11) is 1.27. The molecule has 0 bridgehead atoms. The topological polar surface area (TPSA) is 89.9 Å². The van der Waals surface area contributed by atoms with E-state index >= 15 is 0 Å². The molecule has 0 saturated heterocycles. The second-order valence-electron chi connectivity index (χ2n) is 4.81. The fraction of sp³-hybridized carbons (Fsp3) is 0.200. The minimum atomic E-state index is -0.595. The van der Waals surface area contributed by atoms with Gasteiger partial charge in [0.15, 0.2) is 17.0 Å². The molecule has 2 aromatic heterocycles. The highest BCUT2D eigenvalue weighted by atomic mass is 16.5. The first-order valence-electron chi connectivity index (χ1n) is 6.72. The van der Waals surface area contributed by atoms with E-state index in [1.807, 2.05) is 37.3 Å². The quantitative estimate of drug-likeness (QED) is 0.740. The predicted octanol–water partition coefficient (Wildman–Crippen LogP) is 1.52. The molecule has 1 unspecified atom stereocenters. The lowest BCUT2D eigenvalue weighted by atomic mass is 10.1. The van der Waals surface area contributed by atoms with Crippen LogP contribution >= 0.6 is 0 Å². The van der Waals surface area contributed by atoms with Gasteiger partial charge < -0.3 is 4.74 Å². The number of nitrogens with one attached hydrogen (secondary N) is 1. The number of rotatable bonds is 3. The smallest absolute Gasteiger partial charge is 0.358 e. The van der Waals surface area contributed by atoms with Crippen LogP contribution in [-0.4, -0.2) is 32.6 Å². The molecule has 0 aliphatic rings. The average molecular weight is 298 g/mol. The van der Waals surface area contributed by atoms with Gasteiger partial charge in [-0.15, -0.1) is 0 Å². The number of benzene rings is 1. The Morgan fingerprint density at radius 3 is 2.73 bits per heavy atom. The van der Waals surface area contributed by atoms with Crippen molar-refractivity contribution < 1.29 is 9.53 Å². The molecule has 0 amide bonds. The van der Waals surface area contributed by atoms with Crippen LogP contribution in [0.1, 0.15) is 29.0 Å². The van der Waals surface area contributed by atoms with Crippen LogP contribution in [0.4, 0.5) is 0 Å². The number of hydrogen-bond acceptors (Lipinski definition) is 5. The van der Waals surface area contributed by atoms with Crippen molar-refractivity contribution in [2.24, 2.45) is 0 Å². The Hall–Kier alpha value is -2.96. The molecule has 7 heteroatoms. The second-order valence-corrected chi connectivity index (χ2v) is 4.81. The van der Waals surface area contributed by atoms with E-state index in [2.05, 4.69) is 19.7 Å². The van der Waals surface area contributed by atoms with Crippen molar-refractivity contribution in [3.8, 4) is 0 Å². The lowest BCUT2D eigenvalue weighted by Crippen LogP contribution is -2.21. The lowest BCUT2D eigenvalue weighted by molar-refractivity contribution is 0.0594. The predicted molar refractivity (Wildman–Crippen MR) is 79.7 cm³/mol. The Morgan fingerprint density at radius 2 is 2.05 bits per heavy atom. The van der Waals surface area contributed by atoms with E-state index in [4.69, 9.17) is 0 Å². The Kier molecular flexibility index (Phi) is 3.46. The maximum Gasteiger partial charge on any atom is 0.358 e. The summed E-state index contributed by atoms with van der Waals surface area (Å²) in [6.45, 7) is 1.89. The van der Waals surface area contributed by atoms with Gasteiger partial charge in [0, 0.05) is 0 Å². The molecule has 2 heterocycles. The van der Waals surface area contributed by atoms with Crippen molar-refractivity contribution in [3.05, 3.63) is 58.3 Å². The fourth-order valence-corrected chi connectivity index (χ4v) is 2.34. The number of imidazole rings is 1. The summed E-state index contributed by atoms with van der Waals surface area (Å²) in [5.74, 6) is -0.595. The van der Waals surface area contributed by atoms with E-state index in [9.17, 15) is 9.59 Å². The number of aromatic amines is 1. The first-order valence-corrected chi connectivity index (χ1v) is 6.72. The molecule has 0 saturated carbocycles. The van der Waals surface area contributed by atoms with E-state index in [1.165, 1.54) is 17.9 Å². The van der Waals surface area contributed by atoms with Gasteiger partial charge in [-0.25, -0.2) is 19.6 Å². The van der Waals surface area contributed by atoms with Crippen LogP contribution in [0.15, 0.2) is 41.3 Å². The molecule has 1 N–H and O–H groups in total. The van der Waals surface area contributed by atoms with Gasteiger partial charge in [-0.05, 0) is 12.5 Å². The van der Waals surface area contributed by atoms with E-state index in [0.29, 0.717) is 11.3 Å². The van der Waals surface area contributed by atoms with Crippen molar-refractivity contribution in [2.45, 2.75) is 13.0 Å². The molecule has 112 valence electrons. The van der Waals surface area contributed by atoms with E-state index in [0.717, 1.165) is 5.56 Å². The molecule has 1 aromatic carbocycles. The Labute approximate surface area is 125 Å². The van der Waals surface area contributed by atoms with Crippen LogP contribution in [0, 0.1) is 0 Å². The number of ether oxygens (including phenoxy) is 1. The standard InChI is InChI=1S/C15H14N4O3/c1-9(10-6-4-3-5-7-10)19-13-12(18-15(19)21)16-8-11(17-13)14(20)22-2/h3-9H,1-2H3,(H,16,18,21). The maximum absolute atomic E-state index is 12.2. The second kappa shape index (κ2) is 5.44. The molecule has 1 atom stereocenters. The van der Waals surface area contributed by atoms with Gasteiger partial charge in [-0.3, -0.25) is 9.55 Å². The number of carbonyl (C=O) groups excluding carboxylic acids is 1. The third-order valence-corrected chi connectivity index (χ3v) is 3.49. The van der Waals surface area contributed by atoms with Gasteiger partial charge >= 0.3 is 11.7 Å². The highest BCUT2D eigenvalue weighted by Crippen LogP contribution is 2.19. The molecule has 22 heavy (non-hydrogen) atoms. The summed E-state index contributed by atoms with van der Waals surface area (Å²) < 4.78 is 6.11. The lowest BCUT2D eigenvalue weighted by Gasteiger charge is -2.13. The van der Waals surface area contributed by atoms with Gasteiger partial charge in [-0.2, -0.15) is 0 Å². The normalized spacial score (nSPS) is 12.3. The van der Waals surface area contributed by atoms with Gasteiger partial charge in [-0.1, -0.05) is 30.3 Å². The zero-order valence-electron chi connectivity index (χ0n) is 12.1. The van der Waals surface area contributed by atoms with Crippen LogP contribution in [0.3, 0.4) is 0 Å². The van der Waals surface area contributed by atoms with Crippen molar-refractivity contribution >= 4 is 17.3 Å². The molecule has 3 rings (SSSR count). The molecule has 3 aromatic rings. The number of H-pyrrole nitrogens is 1. The summed E-state index contributed by atoms with van der Waals surface area (Å²) in [5.41, 5.74) is 1.34. The van der Waals surface area contributed by atoms with E-state index in [1.54, 1.807) is 0 Å². The summed E-state index contributed by atoms with van der Waals surface area (Å²) in [5, 5.41) is 0. The largest absolute Gasteiger partial charge is 0.464 e. The van der Waals surface area contributed by atoms with E-state index < -0.39 is 5.97 Å². The summed E-state index contributed by atoms with van der Waals surface area (Å²) >= 11 is 0. The first kappa shape index (κ1) is 14.0. The van der Waals surface area contributed by atoms with Crippen molar-refractivity contribution in [2.75, 3.05) is 7.11 Å². The Balaban J connectivity index is 2.18. The zero-order valence-corrected chi connectivity index (χ0v) is 12.1. The van der Waals surface area contributed by atoms with Gasteiger partial charge in [0.25, 0.3) is 0 Å². The summed E-state index contributed by atoms with van der Waals surface area (Å²) in [4.78, 5) is 34.7. The molecular formula is C15H14N4O3. The number of nitrogens with zero attached hydrogens (tertiary/aromatic N) is 3. The minimum absolute atomic E-state index is 0.0583. The molecule has 0 radical (unpaired) electrons. The van der Waals surface area contributed by atoms with Crippen molar-refractivity contribution in [1.29, 1.82) is 0 Å². The highest BCUT2D eigenvalue weighted by molar-refractivity contribution is 5.88. The summed E-state index contributed by atoms with van der Waals surface area (Å²) in [6.07, 6.45) is 1.28. The summed E-state index contributed by atoms with van der Waals surface area (Å²) in [6, 6.07) is 9.31. The van der Waals surface area contributed by atoms with Crippen LogP contribution in [0.25, 0.3) is 11.3 Å². The maximum atomic E-state index is 12.2. The van der Waals surface area contributed by atoms with Crippen LogP contribution in [0.2, 0.25) is 0 Å². The van der Waals surface area contributed by atoms with Crippen molar-refractivity contribution in [3.63, 3.8) is 0 Å². The van der Waals surface area contributed by atoms with Crippen LogP contribution < -0.4 is 5.69 Å². The monoisotopic (exact) mass is 298 g/mol. The third kappa shape index (κ3) is 2.26. The number of carbonyl (C=O) groups is 1. The molecular weight excluding hydrogens is 284 g/mol. The molecule has 0 aliphatic carbocycles. The molecule has 7 nitrogen and oxygen atoms in total. The number of hydrogen-bond donors (Lipinski definition) is 1. The number of fused-ring (bicyclic) bond motifs is 1. The third-order valence-electron chi connectivity index (χ3n) is 3.49. The number of methoxy groups -OCH3 is 1. The Bertz CT molecular complexity index is 883. The minimum Gasteiger partial charge on any atom is -0.464 e. The zero-order chi connectivity index (χ0) is 15.7. The fourth-order valence-electron chi connectivity index (χ4n) is 2.34. The van der Waals surface area contributed by atoms with Crippen LogP contribution in [0.5, 0.6) is 0 Å². The molecule has 0 spiro atoms. The van der Waals surface area contributed by atoms with E-state index in [-0.39, 0.29) is 17.4 Å². The SMILES string of the molecule is COC(=O)c1cnc2[nH]c(=O)n(C(C)c3ccccc3)c2n1. The van der Waals surface area contributed by atoms with Crippen molar-refractivity contribution in [1.82, 2.24) is 19.5 Å². The highest BCUT2D eigenvalue weighted by Gasteiger charge is 2.18. The van der Waals surface area contributed by atoms with Gasteiger partial charge in [0.05, 0.1) is 19.3 Å². The average Bonchev–Trinajstić information content (AvgIpc) is 2.89. The van der Waals surface area contributed by atoms with Gasteiger partial charge in [0.1, 0.15) is 0 Å².